The van der Waals surface area contributed by atoms with E-state index in [0.29, 0.717) is 17.4 Å². The van der Waals surface area contributed by atoms with Crippen LogP contribution in [0.4, 0.5) is 9.52 Å². The van der Waals surface area contributed by atoms with E-state index in [1.54, 1.807) is 37.3 Å². The van der Waals surface area contributed by atoms with Crippen LogP contribution in [0.3, 0.4) is 0 Å². The minimum atomic E-state index is -1.20. The van der Waals surface area contributed by atoms with E-state index in [1.807, 2.05) is 31.2 Å². The van der Waals surface area contributed by atoms with Gasteiger partial charge in [-0.3, -0.25) is 14.5 Å². The molecule has 186 valence electrons. The fourth-order valence-corrected chi connectivity index (χ4v) is 4.92. The van der Waals surface area contributed by atoms with Crippen molar-refractivity contribution in [3.05, 3.63) is 111 Å². The van der Waals surface area contributed by atoms with Crippen LogP contribution in [0.2, 0.25) is 0 Å². The number of Topliss-reactive ketones (excluding diaryl/α,β-unsaturated/α-hetero) is 1. The number of halogens is 1. The van der Waals surface area contributed by atoms with E-state index in [-0.39, 0.29) is 21.8 Å². The molecule has 0 saturated carbocycles. The Morgan fingerprint density at radius 3 is 2.38 bits per heavy atom. The number of aryl methyl sites for hydroxylation is 2. The number of ether oxygens (including phenoxy) is 1. The van der Waals surface area contributed by atoms with Gasteiger partial charge in [-0.25, -0.2) is 4.39 Å². The molecule has 1 aromatic heterocycles. The van der Waals surface area contributed by atoms with Crippen LogP contribution in [0, 0.1) is 19.7 Å². The van der Waals surface area contributed by atoms with Crippen molar-refractivity contribution in [2.75, 3.05) is 4.90 Å². The van der Waals surface area contributed by atoms with Gasteiger partial charge in [0.05, 0.1) is 5.57 Å². The Morgan fingerprint density at radius 1 is 1.00 bits per heavy atom. The van der Waals surface area contributed by atoms with E-state index < -0.39 is 29.3 Å². The molecule has 1 aliphatic rings. The molecule has 1 N–H and O–H groups in total. The molecule has 1 aliphatic heterocycles. The van der Waals surface area contributed by atoms with Gasteiger partial charge in [0.2, 0.25) is 5.13 Å². The third kappa shape index (κ3) is 4.61. The molecule has 1 fully saturated rings. The number of hydrogen-bond acceptors (Lipinski definition) is 7. The standard InChI is InChI=1S/C28H22FN3O4S/c1-16-7-3-4-8-19(16)15-36-20-13-11-18(12-14-20)25(33)23-24(21-9-5-6-10-22(21)29)32(27(35)26(23)34)28-31-30-17(2)37-28/h3-14,24,33H,15H2,1-2H3/b25-23+. The first-order chi connectivity index (χ1) is 17.8. The lowest BCUT2D eigenvalue weighted by atomic mass is 9.95. The lowest BCUT2D eigenvalue weighted by Gasteiger charge is -2.22. The molecule has 0 bridgehead atoms. The van der Waals surface area contributed by atoms with Crippen molar-refractivity contribution >= 4 is 33.9 Å². The van der Waals surface area contributed by atoms with E-state index >= 15 is 0 Å². The lowest BCUT2D eigenvalue weighted by molar-refractivity contribution is -0.132. The number of carbonyl (C=O) groups is 2. The topological polar surface area (TPSA) is 92.6 Å². The van der Waals surface area contributed by atoms with Crippen molar-refractivity contribution in [3.63, 3.8) is 0 Å². The summed E-state index contributed by atoms with van der Waals surface area (Å²) in [5, 5.41) is 19.9. The van der Waals surface area contributed by atoms with E-state index in [4.69, 9.17) is 4.74 Å². The van der Waals surface area contributed by atoms with Crippen molar-refractivity contribution in [3.8, 4) is 5.75 Å². The third-order valence-electron chi connectivity index (χ3n) is 6.15. The summed E-state index contributed by atoms with van der Waals surface area (Å²) in [6.45, 7) is 4.08. The second kappa shape index (κ2) is 9.94. The van der Waals surface area contributed by atoms with Crippen molar-refractivity contribution in [2.24, 2.45) is 0 Å². The SMILES string of the molecule is Cc1nnc(N2C(=O)C(=O)/C(=C(/O)c3ccc(OCc4ccccc4C)cc3)C2c2ccccc2F)s1. The first-order valence-corrected chi connectivity index (χ1v) is 12.3. The number of aromatic nitrogens is 2. The zero-order valence-corrected chi connectivity index (χ0v) is 20.8. The number of hydrogen-bond donors (Lipinski definition) is 1. The Hall–Kier alpha value is -4.37. The summed E-state index contributed by atoms with van der Waals surface area (Å²) in [5.41, 5.74) is 2.29. The molecular formula is C28H22FN3O4S. The maximum absolute atomic E-state index is 14.9. The van der Waals surface area contributed by atoms with Crippen LogP contribution in [0.15, 0.2) is 78.4 Å². The van der Waals surface area contributed by atoms with Crippen molar-refractivity contribution < 1.29 is 23.8 Å². The fraction of sp³-hybridized carbons (Fsp3) is 0.143. The number of nitrogens with zero attached hydrogens (tertiary/aromatic N) is 3. The van der Waals surface area contributed by atoms with Gasteiger partial charge in [-0.05, 0) is 55.3 Å². The minimum Gasteiger partial charge on any atom is -0.507 e. The molecule has 1 amide bonds. The van der Waals surface area contributed by atoms with Gasteiger partial charge in [-0.15, -0.1) is 10.2 Å². The molecule has 1 saturated heterocycles. The predicted octanol–water partition coefficient (Wildman–Crippen LogP) is 5.50. The molecule has 0 spiro atoms. The van der Waals surface area contributed by atoms with Crippen LogP contribution >= 0.6 is 11.3 Å². The molecular weight excluding hydrogens is 493 g/mol. The van der Waals surface area contributed by atoms with E-state index in [0.717, 1.165) is 27.4 Å². The van der Waals surface area contributed by atoms with Crippen molar-refractivity contribution in [1.82, 2.24) is 10.2 Å². The summed E-state index contributed by atoms with van der Waals surface area (Å²) >= 11 is 1.10. The molecule has 0 aliphatic carbocycles. The number of anilines is 1. The summed E-state index contributed by atoms with van der Waals surface area (Å²) in [6.07, 6.45) is 0. The molecule has 37 heavy (non-hydrogen) atoms. The van der Waals surface area contributed by atoms with Crippen LogP contribution < -0.4 is 9.64 Å². The number of benzene rings is 3. The molecule has 9 heteroatoms. The molecule has 1 unspecified atom stereocenters. The van der Waals surface area contributed by atoms with Gasteiger partial charge in [-0.1, -0.05) is 53.8 Å². The summed E-state index contributed by atoms with van der Waals surface area (Å²) in [6, 6.07) is 19.0. The van der Waals surface area contributed by atoms with Gasteiger partial charge in [0.1, 0.15) is 35.0 Å². The van der Waals surface area contributed by atoms with Crippen LogP contribution in [0.25, 0.3) is 5.76 Å². The number of aliphatic hydroxyl groups is 1. The number of amides is 1. The van der Waals surface area contributed by atoms with Gasteiger partial charge in [0.25, 0.3) is 5.78 Å². The Labute approximate surface area is 216 Å². The van der Waals surface area contributed by atoms with E-state index in [1.165, 1.54) is 18.2 Å². The molecule has 0 radical (unpaired) electrons. The minimum absolute atomic E-state index is 0.0642. The molecule has 2 heterocycles. The highest BCUT2D eigenvalue weighted by Crippen LogP contribution is 2.43. The maximum atomic E-state index is 14.9. The second-order valence-corrected chi connectivity index (χ2v) is 9.69. The maximum Gasteiger partial charge on any atom is 0.301 e. The van der Waals surface area contributed by atoms with Crippen molar-refractivity contribution in [2.45, 2.75) is 26.5 Å². The van der Waals surface area contributed by atoms with Crippen LogP contribution in [-0.4, -0.2) is 27.0 Å². The molecule has 5 rings (SSSR count). The van der Waals surface area contributed by atoms with Gasteiger partial charge in [0, 0.05) is 11.1 Å². The number of rotatable bonds is 6. The highest BCUT2D eigenvalue weighted by atomic mass is 32.1. The Bertz CT molecular complexity index is 1530. The third-order valence-corrected chi connectivity index (χ3v) is 6.99. The van der Waals surface area contributed by atoms with Gasteiger partial charge in [0.15, 0.2) is 0 Å². The average Bonchev–Trinajstić information content (AvgIpc) is 3.44. The highest BCUT2D eigenvalue weighted by Gasteiger charge is 2.49. The van der Waals surface area contributed by atoms with Gasteiger partial charge >= 0.3 is 5.91 Å². The molecule has 7 nitrogen and oxygen atoms in total. The number of aliphatic hydroxyl groups excluding tert-OH is 1. The largest absolute Gasteiger partial charge is 0.507 e. The normalized spacial score (nSPS) is 16.8. The Kier molecular flexibility index (Phi) is 6.54. The molecule has 1 atom stereocenters. The van der Waals surface area contributed by atoms with Crippen LogP contribution in [-0.2, 0) is 16.2 Å². The average molecular weight is 516 g/mol. The zero-order valence-electron chi connectivity index (χ0n) is 20.0. The second-order valence-electron chi connectivity index (χ2n) is 8.53. The van der Waals surface area contributed by atoms with Crippen LogP contribution in [0.5, 0.6) is 5.75 Å². The smallest absolute Gasteiger partial charge is 0.301 e. The predicted molar refractivity (Wildman–Crippen MR) is 138 cm³/mol. The van der Waals surface area contributed by atoms with E-state index in [2.05, 4.69) is 10.2 Å². The van der Waals surface area contributed by atoms with E-state index in [9.17, 15) is 19.1 Å². The van der Waals surface area contributed by atoms with Crippen LogP contribution in [0.1, 0.15) is 33.3 Å². The fourth-order valence-electron chi connectivity index (χ4n) is 4.20. The lowest BCUT2D eigenvalue weighted by Crippen LogP contribution is -2.29. The zero-order chi connectivity index (χ0) is 26.1. The number of ketones is 1. The highest BCUT2D eigenvalue weighted by molar-refractivity contribution is 7.15. The molecule has 3 aromatic carbocycles. The quantitative estimate of drug-likeness (QED) is 0.207. The Balaban J connectivity index is 1.52. The first kappa shape index (κ1) is 24.3. The summed E-state index contributed by atoms with van der Waals surface area (Å²) in [4.78, 5) is 27.3. The molecule has 4 aromatic rings. The summed E-state index contributed by atoms with van der Waals surface area (Å²) in [5.74, 6) is -2.31. The van der Waals surface area contributed by atoms with Gasteiger partial charge < -0.3 is 9.84 Å². The summed E-state index contributed by atoms with van der Waals surface area (Å²) < 4.78 is 20.8. The van der Waals surface area contributed by atoms with Crippen molar-refractivity contribution in [1.29, 1.82) is 0 Å². The monoisotopic (exact) mass is 515 g/mol. The first-order valence-electron chi connectivity index (χ1n) is 11.5. The van der Waals surface area contributed by atoms with Gasteiger partial charge in [-0.2, -0.15) is 0 Å². The number of carbonyl (C=O) groups excluding carboxylic acids is 2. The Morgan fingerprint density at radius 2 is 1.70 bits per heavy atom. The summed E-state index contributed by atoms with van der Waals surface area (Å²) in [7, 11) is 0.